The van der Waals surface area contributed by atoms with Gasteiger partial charge in [-0.15, -0.1) is 12.4 Å². The van der Waals surface area contributed by atoms with Gasteiger partial charge < -0.3 is 10.8 Å². The van der Waals surface area contributed by atoms with Crippen LogP contribution in [0.3, 0.4) is 0 Å². The molecule has 0 aliphatic carbocycles. The first-order valence-electron chi connectivity index (χ1n) is 5.67. The Morgan fingerprint density at radius 2 is 2.00 bits per heavy atom. The van der Waals surface area contributed by atoms with Crippen LogP contribution in [0.25, 0.3) is 0 Å². The van der Waals surface area contributed by atoms with Crippen molar-refractivity contribution >= 4 is 24.0 Å². The molecule has 0 saturated carbocycles. The third-order valence-corrected chi connectivity index (χ3v) is 3.42. The number of rotatable bonds is 4. The summed E-state index contributed by atoms with van der Waals surface area (Å²) in [6, 6.07) is 5.24. The van der Waals surface area contributed by atoms with Gasteiger partial charge in [0.25, 0.3) is 0 Å². The maximum Gasteiger partial charge on any atom is 0.0758 e. The summed E-state index contributed by atoms with van der Waals surface area (Å²) >= 11 is 5.89. The van der Waals surface area contributed by atoms with Crippen molar-refractivity contribution in [3.8, 4) is 0 Å². The monoisotopic (exact) mass is 277 g/mol. The molecule has 0 aromatic heterocycles. The van der Waals surface area contributed by atoms with Gasteiger partial charge in [0.15, 0.2) is 0 Å². The lowest BCUT2D eigenvalue weighted by Gasteiger charge is -2.25. The summed E-state index contributed by atoms with van der Waals surface area (Å²) in [6.07, 6.45) is 0.409. The second kappa shape index (κ2) is 7.22. The van der Waals surface area contributed by atoms with Crippen molar-refractivity contribution in [3.63, 3.8) is 0 Å². The molecule has 98 valence electrons. The maximum atomic E-state index is 10.1. The third-order valence-electron chi connectivity index (χ3n) is 3.19. The minimum Gasteiger partial charge on any atom is -0.391 e. The first kappa shape index (κ1) is 16.7. The van der Waals surface area contributed by atoms with E-state index in [4.69, 9.17) is 17.3 Å². The molecule has 0 fully saturated rings. The zero-order valence-electron chi connectivity index (χ0n) is 10.5. The van der Waals surface area contributed by atoms with E-state index in [0.717, 1.165) is 17.5 Å². The SMILES string of the molecule is CCC(C)[C@H](O)[C@H](N)c1ccc(Cl)cc1C.Cl. The molecule has 1 rings (SSSR count). The van der Waals surface area contributed by atoms with Crippen LogP contribution < -0.4 is 5.73 Å². The summed E-state index contributed by atoms with van der Waals surface area (Å²) in [5.74, 6) is 0.199. The van der Waals surface area contributed by atoms with Crippen LogP contribution in [0.1, 0.15) is 37.4 Å². The van der Waals surface area contributed by atoms with Gasteiger partial charge in [-0.05, 0) is 36.1 Å². The van der Waals surface area contributed by atoms with Crippen LogP contribution in [0.15, 0.2) is 18.2 Å². The van der Waals surface area contributed by atoms with Gasteiger partial charge >= 0.3 is 0 Å². The molecule has 0 aliphatic rings. The summed E-state index contributed by atoms with van der Waals surface area (Å²) in [5.41, 5.74) is 8.07. The van der Waals surface area contributed by atoms with E-state index in [2.05, 4.69) is 6.92 Å². The molecule has 0 heterocycles. The first-order chi connectivity index (χ1) is 7.47. The number of halogens is 2. The summed E-state index contributed by atoms with van der Waals surface area (Å²) < 4.78 is 0. The Labute approximate surface area is 115 Å². The predicted octanol–water partition coefficient (Wildman–Crippen LogP) is 3.48. The average molecular weight is 278 g/mol. The smallest absolute Gasteiger partial charge is 0.0758 e. The van der Waals surface area contributed by atoms with Gasteiger partial charge in [-0.2, -0.15) is 0 Å². The molecule has 1 aromatic carbocycles. The lowest BCUT2D eigenvalue weighted by atomic mass is 9.90. The van der Waals surface area contributed by atoms with Crippen molar-refractivity contribution in [2.24, 2.45) is 11.7 Å². The largest absolute Gasteiger partial charge is 0.391 e. The van der Waals surface area contributed by atoms with Gasteiger partial charge in [0.2, 0.25) is 0 Å². The Morgan fingerprint density at radius 3 is 2.47 bits per heavy atom. The second-order valence-corrected chi connectivity index (χ2v) is 4.84. The predicted molar refractivity (Wildman–Crippen MR) is 75.8 cm³/mol. The van der Waals surface area contributed by atoms with Gasteiger partial charge in [0.05, 0.1) is 12.1 Å². The molecular formula is C13H21Cl2NO. The van der Waals surface area contributed by atoms with E-state index in [-0.39, 0.29) is 24.4 Å². The molecule has 3 atom stereocenters. The molecule has 0 bridgehead atoms. The molecule has 1 aromatic rings. The van der Waals surface area contributed by atoms with Crippen molar-refractivity contribution in [1.29, 1.82) is 0 Å². The lowest BCUT2D eigenvalue weighted by Crippen LogP contribution is -2.32. The number of benzene rings is 1. The number of hydrogen-bond donors (Lipinski definition) is 2. The zero-order chi connectivity index (χ0) is 12.3. The standard InChI is InChI=1S/C13H20ClNO.ClH/c1-4-8(2)13(16)12(15)11-6-5-10(14)7-9(11)3;/h5-8,12-13,16H,4,15H2,1-3H3;1H/t8?,12-,13+;/m1./s1. The van der Waals surface area contributed by atoms with E-state index in [1.807, 2.05) is 32.0 Å². The van der Waals surface area contributed by atoms with Gasteiger partial charge in [0.1, 0.15) is 0 Å². The highest BCUT2D eigenvalue weighted by Crippen LogP contribution is 2.25. The van der Waals surface area contributed by atoms with Gasteiger partial charge in [-0.25, -0.2) is 0 Å². The normalized spacial score (nSPS) is 15.9. The highest BCUT2D eigenvalue weighted by atomic mass is 35.5. The molecule has 4 heteroatoms. The van der Waals surface area contributed by atoms with Crippen LogP contribution in [-0.4, -0.2) is 11.2 Å². The maximum absolute atomic E-state index is 10.1. The minimum absolute atomic E-state index is 0. The second-order valence-electron chi connectivity index (χ2n) is 4.40. The van der Waals surface area contributed by atoms with Crippen LogP contribution in [0.4, 0.5) is 0 Å². The summed E-state index contributed by atoms with van der Waals surface area (Å²) in [5, 5.41) is 10.8. The third kappa shape index (κ3) is 4.14. The summed E-state index contributed by atoms with van der Waals surface area (Å²) in [6.45, 7) is 6.02. The van der Waals surface area contributed by atoms with Crippen LogP contribution in [0, 0.1) is 12.8 Å². The highest BCUT2D eigenvalue weighted by molar-refractivity contribution is 6.30. The Kier molecular flexibility index (Phi) is 7.10. The quantitative estimate of drug-likeness (QED) is 0.885. The Balaban J connectivity index is 0.00000256. The number of nitrogens with two attached hydrogens (primary N) is 1. The highest BCUT2D eigenvalue weighted by Gasteiger charge is 2.22. The molecule has 0 radical (unpaired) electrons. The number of aryl methyl sites for hydroxylation is 1. The van der Waals surface area contributed by atoms with E-state index in [1.165, 1.54) is 0 Å². The van der Waals surface area contributed by atoms with E-state index in [0.29, 0.717) is 5.02 Å². The molecule has 3 N–H and O–H groups in total. The molecule has 0 spiro atoms. The van der Waals surface area contributed by atoms with Crippen molar-refractivity contribution < 1.29 is 5.11 Å². The van der Waals surface area contributed by atoms with Crippen molar-refractivity contribution in [2.75, 3.05) is 0 Å². The van der Waals surface area contributed by atoms with Crippen molar-refractivity contribution in [1.82, 2.24) is 0 Å². The van der Waals surface area contributed by atoms with Crippen LogP contribution in [0.5, 0.6) is 0 Å². The van der Waals surface area contributed by atoms with E-state index >= 15 is 0 Å². The van der Waals surface area contributed by atoms with E-state index in [9.17, 15) is 5.11 Å². The van der Waals surface area contributed by atoms with Crippen LogP contribution >= 0.6 is 24.0 Å². The molecule has 0 aliphatic heterocycles. The summed E-state index contributed by atoms with van der Waals surface area (Å²) in [4.78, 5) is 0. The molecule has 17 heavy (non-hydrogen) atoms. The van der Waals surface area contributed by atoms with Gasteiger partial charge in [0, 0.05) is 5.02 Å². The van der Waals surface area contributed by atoms with Crippen LogP contribution in [-0.2, 0) is 0 Å². The summed E-state index contributed by atoms with van der Waals surface area (Å²) in [7, 11) is 0. The average Bonchev–Trinajstić information content (AvgIpc) is 2.26. The minimum atomic E-state index is -0.509. The fraction of sp³-hybridized carbons (Fsp3) is 0.538. The van der Waals surface area contributed by atoms with Crippen molar-refractivity contribution in [3.05, 3.63) is 34.3 Å². The molecular weight excluding hydrogens is 257 g/mol. The topological polar surface area (TPSA) is 46.2 Å². The fourth-order valence-electron chi connectivity index (χ4n) is 1.79. The van der Waals surface area contributed by atoms with Crippen LogP contribution in [0.2, 0.25) is 5.02 Å². The molecule has 2 nitrogen and oxygen atoms in total. The van der Waals surface area contributed by atoms with Crippen molar-refractivity contribution in [2.45, 2.75) is 39.3 Å². The number of aliphatic hydroxyl groups is 1. The Morgan fingerprint density at radius 1 is 1.41 bits per heavy atom. The fourth-order valence-corrected chi connectivity index (χ4v) is 2.02. The number of hydrogen-bond acceptors (Lipinski definition) is 2. The molecule has 1 unspecified atom stereocenters. The van der Waals surface area contributed by atoms with Gasteiger partial charge in [-0.1, -0.05) is 37.9 Å². The van der Waals surface area contributed by atoms with E-state index in [1.54, 1.807) is 0 Å². The molecule has 0 amide bonds. The van der Waals surface area contributed by atoms with E-state index < -0.39 is 6.10 Å². The Hall–Kier alpha value is -0.280. The number of aliphatic hydroxyl groups excluding tert-OH is 1. The lowest BCUT2D eigenvalue weighted by molar-refractivity contribution is 0.0878. The Bertz CT molecular complexity index is 357. The first-order valence-corrected chi connectivity index (χ1v) is 6.04. The zero-order valence-corrected chi connectivity index (χ0v) is 12.1. The molecule has 0 saturated heterocycles. The van der Waals surface area contributed by atoms with Gasteiger partial charge in [-0.3, -0.25) is 0 Å².